The van der Waals surface area contributed by atoms with Crippen molar-refractivity contribution in [1.29, 1.82) is 5.41 Å². The number of hydrogen-bond donors (Lipinski definition) is 2. The van der Waals surface area contributed by atoms with Crippen molar-refractivity contribution in [3.63, 3.8) is 0 Å². The highest BCUT2D eigenvalue weighted by atomic mass is 32.1. The third-order valence-electron chi connectivity index (χ3n) is 1.77. The molecule has 0 saturated carbocycles. The highest BCUT2D eigenvalue weighted by molar-refractivity contribution is 7.79. The predicted octanol–water partition coefficient (Wildman–Crippen LogP) is 1.41. The Morgan fingerprint density at radius 1 is 1.75 bits per heavy atom. The molecule has 0 amide bonds. The first-order valence-corrected chi connectivity index (χ1v) is 4.53. The Balaban J connectivity index is 2.39. The van der Waals surface area contributed by atoms with Gasteiger partial charge in [0.05, 0.1) is 28.5 Å². The Bertz CT molecular complexity index is 362. The highest BCUT2D eigenvalue weighted by Crippen LogP contribution is 2.22. The second-order valence-electron chi connectivity index (χ2n) is 2.53. The second kappa shape index (κ2) is 2.95. The van der Waals surface area contributed by atoms with E-state index >= 15 is 0 Å². The molecule has 1 aliphatic heterocycles. The van der Waals surface area contributed by atoms with E-state index in [4.69, 9.17) is 5.41 Å². The molecule has 0 fully saturated rings. The summed E-state index contributed by atoms with van der Waals surface area (Å²) in [5, 5.41) is 7.53. The van der Waals surface area contributed by atoms with Crippen LogP contribution in [0.5, 0.6) is 0 Å². The lowest BCUT2D eigenvalue weighted by Crippen LogP contribution is -2.23. The quantitative estimate of drug-likeness (QED) is 0.553. The lowest BCUT2D eigenvalue weighted by atomic mass is 9.97. The number of fused-ring (bicyclic) bond motifs is 1. The molecule has 2 rings (SSSR count). The van der Waals surface area contributed by atoms with Gasteiger partial charge in [-0.15, -0.1) is 0 Å². The molecule has 4 nitrogen and oxygen atoms in total. The Morgan fingerprint density at radius 3 is 3.33 bits per heavy atom. The van der Waals surface area contributed by atoms with Crippen molar-refractivity contribution in [1.82, 2.24) is 0 Å². The monoisotopic (exact) mass is 198 g/mol. The topological polar surface area (TPSA) is 60.9 Å². The highest BCUT2D eigenvalue weighted by Gasteiger charge is 2.25. The molecule has 12 heavy (non-hydrogen) atoms. The Kier molecular flexibility index (Phi) is 1.93. The van der Waals surface area contributed by atoms with Crippen molar-refractivity contribution in [3.05, 3.63) is 11.8 Å². The molecule has 0 aromatic heterocycles. The summed E-state index contributed by atoms with van der Waals surface area (Å²) in [5.74, 6) is 0. The van der Waals surface area contributed by atoms with Gasteiger partial charge in [-0.1, -0.05) is 0 Å². The number of rotatable bonds is 0. The molecule has 1 aliphatic carbocycles. The minimum absolute atomic E-state index is 0.0926. The predicted molar refractivity (Wildman–Crippen MR) is 52.9 cm³/mol. The lowest BCUT2D eigenvalue weighted by molar-refractivity contribution is 0.827. The fourth-order valence-corrected chi connectivity index (χ4v) is 1.93. The van der Waals surface area contributed by atoms with Gasteiger partial charge in [0.25, 0.3) is 0 Å². The van der Waals surface area contributed by atoms with Crippen molar-refractivity contribution >= 4 is 35.6 Å². The van der Waals surface area contributed by atoms with Gasteiger partial charge < -0.3 is 0 Å². The summed E-state index contributed by atoms with van der Waals surface area (Å²) in [6.45, 7) is 0. The molecule has 0 radical (unpaired) electrons. The Morgan fingerprint density at radius 2 is 2.58 bits per heavy atom. The van der Waals surface area contributed by atoms with Gasteiger partial charge in [-0.25, -0.2) is 8.76 Å². The van der Waals surface area contributed by atoms with Crippen LogP contribution >= 0.6 is 12.8 Å². The van der Waals surface area contributed by atoms with Gasteiger partial charge in [0.15, 0.2) is 0 Å². The van der Waals surface area contributed by atoms with Gasteiger partial charge in [0.1, 0.15) is 6.04 Å². The molecular weight excluding hydrogens is 192 g/mol. The van der Waals surface area contributed by atoms with Gasteiger partial charge in [0.2, 0.25) is 0 Å². The van der Waals surface area contributed by atoms with Crippen molar-refractivity contribution in [2.24, 2.45) is 13.1 Å². The van der Waals surface area contributed by atoms with Crippen LogP contribution in [-0.2, 0) is 11.4 Å². The maximum atomic E-state index is 7.53. The van der Waals surface area contributed by atoms with E-state index in [2.05, 4.69) is 25.9 Å². The average molecular weight is 198 g/mol. The molecule has 0 saturated heterocycles. The molecule has 0 aromatic carbocycles. The first kappa shape index (κ1) is 7.88. The Hall–Kier alpha value is -0.750. The fraction of sp³-hybridized carbons (Fsp3) is 0.333. The number of nitrogens with one attached hydrogen (secondary N) is 1. The number of allylic oxidation sites excluding steroid dienone is 1. The van der Waals surface area contributed by atoms with Gasteiger partial charge in [-0.05, 0) is 18.9 Å². The van der Waals surface area contributed by atoms with Gasteiger partial charge >= 0.3 is 0 Å². The van der Waals surface area contributed by atoms with E-state index in [1.807, 2.05) is 0 Å². The van der Waals surface area contributed by atoms with E-state index in [-0.39, 0.29) is 6.04 Å². The zero-order valence-electron chi connectivity index (χ0n) is 6.06. The third-order valence-corrected chi connectivity index (χ3v) is 2.66. The number of hydrogen-bond acceptors (Lipinski definition) is 5. The summed E-state index contributed by atoms with van der Waals surface area (Å²) < 4.78 is 11.9. The molecule has 0 bridgehead atoms. The minimum Gasteiger partial charge on any atom is -0.299 e. The molecule has 1 unspecified atom stereocenters. The van der Waals surface area contributed by atoms with Crippen LogP contribution in [0.25, 0.3) is 0 Å². The summed E-state index contributed by atoms with van der Waals surface area (Å²) in [5.41, 5.74) is 1.97. The molecule has 6 heteroatoms. The van der Waals surface area contributed by atoms with Crippen LogP contribution < -0.4 is 0 Å². The summed E-state index contributed by atoms with van der Waals surface area (Å²) in [6.07, 6.45) is 2.36. The van der Waals surface area contributed by atoms with Crippen molar-refractivity contribution < 1.29 is 0 Å². The van der Waals surface area contributed by atoms with E-state index in [0.717, 1.165) is 5.70 Å². The maximum Gasteiger partial charge on any atom is 0.112 e. The van der Waals surface area contributed by atoms with Crippen molar-refractivity contribution in [3.8, 4) is 0 Å². The third kappa shape index (κ3) is 1.16. The van der Waals surface area contributed by atoms with Crippen molar-refractivity contribution in [2.75, 3.05) is 0 Å². The van der Waals surface area contributed by atoms with E-state index in [1.165, 1.54) is 11.4 Å². The molecule has 0 aromatic rings. The van der Waals surface area contributed by atoms with E-state index in [0.29, 0.717) is 17.8 Å². The first-order chi connectivity index (χ1) is 5.81. The van der Waals surface area contributed by atoms with E-state index in [9.17, 15) is 0 Å². The lowest BCUT2D eigenvalue weighted by Gasteiger charge is -2.14. The number of nitrogens with zero attached hydrogens (tertiary/aromatic N) is 3. The summed E-state index contributed by atoms with van der Waals surface area (Å²) >= 11 is 4.99. The summed E-state index contributed by atoms with van der Waals surface area (Å²) in [4.78, 5) is 0. The SMILES string of the molecule is N=C1C=C2N=S=NC2C/C1=N/S. The first-order valence-electron chi connectivity index (χ1n) is 3.40. The molecule has 1 atom stereocenters. The minimum atomic E-state index is 0.0926. The molecule has 2 aliphatic rings. The summed E-state index contributed by atoms with van der Waals surface area (Å²) in [7, 11) is 0. The largest absolute Gasteiger partial charge is 0.299 e. The normalized spacial score (nSPS) is 30.1. The van der Waals surface area contributed by atoms with E-state index in [1.54, 1.807) is 6.08 Å². The molecule has 62 valence electrons. The number of thiol groups is 1. The molecule has 1 N–H and O–H groups in total. The van der Waals surface area contributed by atoms with Crippen LogP contribution in [0.15, 0.2) is 24.9 Å². The Labute approximate surface area is 78.7 Å². The summed E-state index contributed by atoms with van der Waals surface area (Å²) in [6, 6.07) is 0.0926. The second-order valence-corrected chi connectivity index (χ2v) is 3.28. The van der Waals surface area contributed by atoms with Crippen LogP contribution in [0.3, 0.4) is 0 Å². The van der Waals surface area contributed by atoms with Crippen LogP contribution in [-0.4, -0.2) is 17.5 Å². The van der Waals surface area contributed by atoms with Crippen LogP contribution in [0, 0.1) is 5.41 Å². The van der Waals surface area contributed by atoms with E-state index < -0.39 is 0 Å². The van der Waals surface area contributed by atoms with Crippen LogP contribution in [0.4, 0.5) is 0 Å². The molecule has 1 heterocycles. The fourth-order valence-electron chi connectivity index (χ4n) is 1.13. The molecular formula is C6H6N4S2. The maximum absolute atomic E-state index is 7.53. The average Bonchev–Trinajstić information content (AvgIpc) is 2.49. The standard InChI is InChI=1S/C6H6N4S2/c7-3-1-5-6(10-12-9-5)2-4(3)8-11/h1,6-7,11H,2H2/b7-3?,8-4-. The zero-order chi connectivity index (χ0) is 8.55. The van der Waals surface area contributed by atoms with Gasteiger partial charge in [-0.2, -0.15) is 4.36 Å². The molecule has 0 spiro atoms. The van der Waals surface area contributed by atoms with Crippen molar-refractivity contribution in [2.45, 2.75) is 12.5 Å². The van der Waals surface area contributed by atoms with Crippen LogP contribution in [0.1, 0.15) is 6.42 Å². The van der Waals surface area contributed by atoms with Gasteiger partial charge in [0, 0.05) is 6.42 Å². The smallest absolute Gasteiger partial charge is 0.112 e. The van der Waals surface area contributed by atoms with Crippen LogP contribution in [0.2, 0.25) is 0 Å². The van der Waals surface area contributed by atoms with Gasteiger partial charge in [-0.3, -0.25) is 5.41 Å². The zero-order valence-corrected chi connectivity index (χ0v) is 7.77.